The Morgan fingerprint density at radius 2 is 0.886 bits per heavy atom. The Balaban J connectivity index is 0.00000221. The van der Waals surface area contributed by atoms with E-state index in [-0.39, 0.29) is 24.8 Å². The maximum absolute atomic E-state index is 2.55. The van der Waals surface area contributed by atoms with E-state index in [4.69, 9.17) is 0 Å². The number of aryl methyl sites for hydroxylation is 2. The van der Waals surface area contributed by atoms with Gasteiger partial charge in [0, 0.05) is 0 Å². The minimum Gasteiger partial charge on any atom is -1.00 e. The molecule has 0 unspecified atom stereocenters. The maximum Gasteiger partial charge on any atom is -1.00 e. The van der Waals surface area contributed by atoms with Crippen LogP contribution in [0.3, 0.4) is 0 Å². The van der Waals surface area contributed by atoms with Crippen LogP contribution in [0.4, 0.5) is 0 Å². The molecule has 2 aliphatic carbocycles. The fourth-order valence-corrected chi connectivity index (χ4v) is 28.9. The molecule has 0 amide bonds. The molecule has 4 heteroatoms. The second-order valence-corrected chi connectivity index (χ2v) is 24.9. The van der Waals surface area contributed by atoms with Crippen molar-refractivity contribution in [1.29, 1.82) is 0 Å². The van der Waals surface area contributed by atoms with Gasteiger partial charge in [-0.15, -0.1) is 0 Å². The standard InChI is InChI=1S/2C14H15.C12H10Si.2ClH.Zr/c2*1-3-12-6-4-5-7-14(12)13-9-8-11(2)10-13;1-3-7-11(8-4-1)13-12-9-5-2-6-10-12;;;/h2*4-7,10H,3,9H2,1-2H3;1-10H;2*1H;/q;;;;;+2/p-2. The number of halogens is 2. The van der Waals surface area contributed by atoms with Crippen molar-refractivity contribution in [2.24, 2.45) is 0 Å². The van der Waals surface area contributed by atoms with Gasteiger partial charge in [-0.3, -0.25) is 0 Å². The van der Waals surface area contributed by atoms with Crippen LogP contribution in [0.5, 0.6) is 0 Å². The number of benzene rings is 4. The van der Waals surface area contributed by atoms with E-state index in [1.165, 1.54) is 33.4 Å². The first-order chi connectivity index (χ1) is 20.6. The Labute approximate surface area is 284 Å². The number of hydrogen-bond donors (Lipinski definition) is 0. The predicted molar refractivity (Wildman–Crippen MR) is 180 cm³/mol. The van der Waals surface area contributed by atoms with Crippen LogP contribution in [0.15, 0.2) is 139 Å². The summed E-state index contributed by atoms with van der Waals surface area (Å²) >= 11 is -2.48. The molecule has 0 aliphatic heterocycles. The van der Waals surface area contributed by atoms with Crippen molar-refractivity contribution in [2.75, 3.05) is 0 Å². The summed E-state index contributed by atoms with van der Waals surface area (Å²) in [7, 11) is 0. The largest absolute Gasteiger partial charge is 1.00 e. The van der Waals surface area contributed by atoms with Gasteiger partial charge in [-0.2, -0.15) is 0 Å². The van der Waals surface area contributed by atoms with Crippen molar-refractivity contribution < 1.29 is 45.2 Å². The third-order valence-corrected chi connectivity index (χ3v) is 28.5. The summed E-state index contributed by atoms with van der Waals surface area (Å²) in [6, 6.07) is 41.3. The van der Waals surface area contributed by atoms with Gasteiger partial charge in [-0.25, -0.2) is 0 Å². The van der Waals surface area contributed by atoms with Crippen molar-refractivity contribution in [3.05, 3.63) is 161 Å². The molecular weight excluding hydrogens is 671 g/mol. The molecule has 0 aromatic heterocycles. The van der Waals surface area contributed by atoms with Crippen molar-refractivity contribution in [3.63, 3.8) is 0 Å². The first-order valence-corrected chi connectivity index (χ1v) is 23.1. The predicted octanol–water partition coefficient (Wildman–Crippen LogP) is 3.07. The Morgan fingerprint density at radius 3 is 1.27 bits per heavy atom. The summed E-state index contributed by atoms with van der Waals surface area (Å²) in [4.78, 5) is 0. The van der Waals surface area contributed by atoms with Gasteiger partial charge in [0.15, 0.2) is 0 Å². The minimum atomic E-state index is -2.48. The van der Waals surface area contributed by atoms with Gasteiger partial charge < -0.3 is 24.8 Å². The quantitative estimate of drug-likeness (QED) is 0.247. The summed E-state index contributed by atoms with van der Waals surface area (Å²) in [5.74, 6) is 0. The molecule has 0 radical (unpaired) electrons. The molecule has 0 heterocycles. The van der Waals surface area contributed by atoms with E-state index in [1.54, 1.807) is 21.5 Å². The van der Waals surface area contributed by atoms with E-state index in [2.05, 4.69) is 149 Å². The summed E-state index contributed by atoms with van der Waals surface area (Å²) in [6.45, 7) is 9.41. The first-order valence-electron chi connectivity index (χ1n) is 15.4. The normalized spacial score (nSPS) is 13.9. The Kier molecular flexibility index (Phi) is 12.3. The Hall–Kier alpha value is -2.48. The Morgan fingerprint density at radius 1 is 0.523 bits per heavy atom. The third-order valence-electron chi connectivity index (χ3n) is 8.93. The first kappa shape index (κ1) is 34.4. The molecular formula is C40H40Cl2SiZr. The van der Waals surface area contributed by atoms with E-state index in [0.717, 1.165) is 25.7 Å². The molecule has 4 aromatic rings. The van der Waals surface area contributed by atoms with Gasteiger partial charge in [0.25, 0.3) is 0 Å². The molecule has 0 nitrogen and oxygen atoms in total. The van der Waals surface area contributed by atoms with Crippen LogP contribution < -0.4 is 35.2 Å². The summed E-state index contributed by atoms with van der Waals surface area (Å²) < 4.78 is 3.63. The number of hydrogen-bond acceptors (Lipinski definition) is 0. The second-order valence-electron chi connectivity index (χ2n) is 11.5. The van der Waals surface area contributed by atoms with Crippen molar-refractivity contribution >= 4 is 27.0 Å². The van der Waals surface area contributed by atoms with Gasteiger partial charge in [0.1, 0.15) is 0 Å². The smallest absolute Gasteiger partial charge is 1.00 e. The SMILES string of the molecule is CCc1ccccc1C1=CC(C)=[C]([Zr+2]([C]2=C(C)C=C(c3ccccc3CC)C2)=[Si](c2ccccc2)c2ccccc2)C1.[Cl-].[Cl-]. The van der Waals surface area contributed by atoms with Gasteiger partial charge in [-0.1, -0.05) is 0 Å². The van der Waals surface area contributed by atoms with Gasteiger partial charge in [0.2, 0.25) is 0 Å². The molecule has 0 atom stereocenters. The maximum atomic E-state index is 2.55. The van der Waals surface area contributed by atoms with E-state index < -0.39 is 25.8 Å². The van der Waals surface area contributed by atoms with Crippen LogP contribution in [0.1, 0.15) is 62.8 Å². The van der Waals surface area contributed by atoms with E-state index in [9.17, 15) is 0 Å². The molecule has 6 rings (SSSR count). The van der Waals surface area contributed by atoms with Crippen LogP contribution >= 0.6 is 0 Å². The van der Waals surface area contributed by atoms with E-state index in [0.29, 0.717) is 0 Å². The second kappa shape index (κ2) is 15.7. The molecule has 2 aliphatic rings. The van der Waals surface area contributed by atoms with E-state index >= 15 is 0 Å². The molecule has 0 fully saturated rings. The molecule has 0 saturated carbocycles. The van der Waals surface area contributed by atoms with Gasteiger partial charge >= 0.3 is 262 Å². The molecule has 4 aromatic carbocycles. The summed E-state index contributed by atoms with van der Waals surface area (Å²) in [6.07, 6.45) is 9.47. The van der Waals surface area contributed by atoms with Gasteiger partial charge in [0.05, 0.1) is 0 Å². The zero-order chi connectivity index (χ0) is 29.1. The minimum absolute atomic E-state index is 0. The van der Waals surface area contributed by atoms with Crippen LogP contribution in [-0.4, -0.2) is 5.43 Å². The molecule has 222 valence electrons. The molecule has 44 heavy (non-hydrogen) atoms. The molecule has 0 spiro atoms. The molecule has 0 bridgehead atoms. The average Bonchev–Trinajstić information content (AvgIpc) is 3.62. The van der Waals surface area contributed by atoms with Crippen molar-refractivity contribution in [1.82, 2.24) is 0 Å². The fourth-order valence-electron chi connectivity index (χ4n) is 6.81. The van der Waals surface area contributed by atoms with Crippen LogP contribution in [0.2, 0.25) is 0 Å². The van der Waals surface area contributed by atoms with Crippen LogP contribution in [0, 0.1) is 0 Å². The topological polar surface area (TPSA) is 0 Å². The summed E-state index contributed by atoms with van der Waals surface area (Å²) in [5, 5.41) is 3.15. The zero-order valence-electron chi connectivity index (χ0n) is 26.1. The fraction of sp³-hybridized carbons (Fsp3) is 0.200. The zero-order valence-corrected chi connectivity index (χ0v) is 31.1. The molecule has 0 saturated heterocycles. The Bertz CT molecular complexity index is 1660. The number of allylic oxidation sites excluding steroid dienone is 8. The third kappa shape index (κ3) is 7.00. The summed E-state index contributed by atoms with van der Waals surface area (Å²) in [5.41, 5.74) is 11.0. The van der Waals surface area contributed by atoms with Crippen molar-refractivity contribution in [3.8, 4) is 0 Å². The number of rotatable bonds is 8. The molecule has 0 N–H and O–H groups in total. The van der Waals surface area contributed by atoms with Crippen molar-refractivity contribution in [2.45, 2.75) is 53.4 Å². The van der Waals surface area contributed by atoms with Gasteiger partial charge in [-0.05, 0) is 0 Å². The van der Waals surface area contributed by atoms with Crippen LogP contribution in [0.25, 0.3) is 11.1 Å². The average molecular weight is 711 g/mol. The van der Waals surface area contributed by atoms with Crippen LogP contribution in [-0.2, 0) is 33.2 Å². The monoisotopic (exact) mass is 708 g/mol. The van der Waals surface area contributed by atoms with E-state index in [1.807, 2.05) is 6.56 Å².